The fourth-order valence-electron chi connectivity index (χ4n) is 5.32. The van der Waals surface area contributed by atoms with Crippen molar-refractivity contribution in [3.05, 3.63) is 64.1 Å². The van der Waals surface area contributed by atoms with Crippen LogP contribution in [-0.4, -0.2) is 39.4 Å². The van der Waals surface area contributed by atoms with Gasteiger partial charge in [0.15, 0.2) is 0 Å². The number of rotatable bonds is 8. The summed E-state index contributed by atoms with van der Waals surface area (Å²) in [5.74, 6) is 3.88. The van der Waals surface area contributed by atoms with Crippen LogP contribution in [0.15, 0.2) is 47.4 Å². The third-order valence-electron chi connectivity index (χ3n) is 7.17. The molecule has 2 aromatic heterocycles. The first kappa shape index (κ1) is 28.2. The lowest BCUT2D eigenvalue weighted by atomic mass is 10.1. The minimum absolute atomic E-state index is 0.110. The number of benzene rings is 1. The Bertz CT molecular complexity index is 1390. The Morgan fingerprint density at radius 2 is 1.78 bits per heavy atom. The number of allylic oxidation sites excluding steroid dienone is 1. The van der Waals surface area contributed by atoms with Crippen molar-refractivity contribution in [1.29, 1.82) is 0 Å². The van der Waals surface area contributed by atoms with Crippen LogP contribution in [0.5, 0.6) is 5.75 Å². The first-order valence-electron chi connectivity index (χ1n) is 12.8. The molecular weight excluding hydrogens is 480 g/mol. The van der Waals surface area contributed by atoms with Gasteiger partial charge in [0.05, 0.1) is 12.0 Å². The molecule has 2 heterocycles. The van der Waals surface area contributed by atoms with Gasteiger partial charge in [-0.15, -0.1) is 5.54 Å². The molecule has 0 unspecified atom stereocenters. The number of aliphatic hydroxyl groups excluding tert-OH is 1. The first-order chi connectivity index (χ1) is 17.5. The minimum Gasteiger partial charge on any atom is -0.508 e. The Labute approximate surface area is 220 Å². The van der Waals surface area contributed by atoms with Crippen molar-refractivity contribution in [2.75, 3.05) is 11.9 Å². The molecule has 3 rings (SSSR count). The number of aromatic hydroxyl groups is 1. The Kier molecular flexibility index (Phi) is 8.95. The molecule has 8 heteroatoms. The highest BCUT2D eigenvalue weighted by Crippen LogP contribution is 2.41. The maximum Gasteiger partial charge on any atom is 0.256 e. The highest BCUT2D eigenvalue weighted by Gasteiger charge is 2.41. The van der Waals surface area contributed by atoms with Crippen LogP contribution < -0.4 is 10.9 Å². The second-order valence-corrected chi connectivity index (χ2v) is 15.9. The smallest absolute Gasteiger partial charge is 0.256 e. The fourth-order valence-corrected chi connectivity index (χ4v) is 10.5. The summed E-state index contributed by atoms with van der Waals surface area (Å²) in [5, 5.41) is 22.8. The Hall–Kier alpha value is -3.41. The maximum absolute atomic E-state index is 13.5. The number of phenolic OH excluding ortho intramolecular Hbond substituents is 1. The molecule has 3 aromatic rings. The van der Waals surface area contributed by atoms with Crippen LogP contribution in [0.4, 0.5) is 11.6 Å². The number of fused-ring (bicyclic) bond motifs is 1. The first-order valence-corrected chi connectivity index (χ1v) is 15.0. The third-order valence-corrected chi connectivity index (χ3v) is 13.5. The molecular formula is C29H38N4O3Si. The van der Waals surface area contributed by atoms with Crippen LogP contribution in [0.3, 0.4) is 0 Å². The predicted molar refractivity (Wildman–Crippen MR) is 154 cm³/mol. The molecule has 0 bridgehead atoms. The van der Waals surface area contributed by atoms with Gasteiger partial charge in [0.1, 0.15) is 19.5 Å². The van der Waals surface area contributed by atoms with Crippen LogP contribution >= 0.6 is 0 Å². The number of nitrogens with zero attached hydrogens (tertiary/aromatic N) is 3. The van der Waals surface area contributed by atoms with Gasteiger partial charge in [-0.25, -0.2) is 4.98 Å². The number of anilines is 2. The van der Waals surface area contributed by atoms with Crippen LogP contribution in [-0.2, 0) is 6.54 Å². The van der Waals surface area contributed by atoms with E-state index in [1.54, 1.807) is 54.1 Å². The zero-order valence-corrected chi connectivity index (χ0v) is 23.8. The Morgan fingerprint density at radius 3 is 2.38 bits per heavy atom. The van der Waals surface area contributed by atoms with Crippen LogP contribution in [0.2, 0.25) is 16.6 Å². The van der Waals surface area contributed by atoms with Gasteiger partial charge in [0.25, 0.3) is 5.56 Å². The maximum atomic E-state index is 13.5. The van der Waals surface area contributed by atoms with E-state index in [1.165, 1.54) is 0 Å². The molecule has 0 saturated heterocycles. The van der Waals surface area contributed by atoms with E-state index in [4.69, 9.17) is 4.98 Å². The van der Waals surface area contributed by atoms with Gasteiger partial charge in [0, 0.05) is 35.6 Å². The number of pyridine rings is 1. The summed E-state index contributed by atoms with van der Waals surface area (Å²) in [5.41, 5.74) is 7.28. The lowest BCUT2D eigenvalue weighted by molar-refractivity contribution is 0.342. The number of aromatic nitrogens is 3. The van der Waals surface area contributed by atoms with E-state index in [0.717, 1.165) is 0 Å². The molecule has 0 aliphatic heterocycles. The molecule has 0 aliphatic rings. The predicted octanol–water partition coefficient (Wildman–Crippen LogP) is 5.67. The van der Waals surface area contributed by atoms with E-state index in [-0.39, 0.29) is 24.5 Å². The van der Waals surface area contributed by atoms with Crippen molar-refractivity contribution in [3.63, 3.8) is 0 Å². The summed E-state index contributed by atoms with van der Waals surface area (Å²) in [6.07, 6.45) is 5.05. The van der Waals surface area contributed by atoms with Crippen molar-refractivity contribution >= 4 is 30.7 Å². The molecule has 0 spiro atoms. The van der Waals surface area contributed by atoms with Crippen LogP contribution in [0.1, 0.15) is 52.7 Å². The third kappa shape index (κ3) is 5.79. The molecule has 37 heavy (non-hydrogen) atoms. The molecule has 0 radical (unpaired) electrons. The normalized spacial score (nSPS) is 12.1. The standard InChI is InChI=1S/C29H38N4O3Si/c1-19(2)37(20(3)4,21(5)6)16-13-25-22(7)28(36)33(14-8-9-15-34)27-26(25)18-30-29(32-27)31-23-11-10-12-24(35)17-23/h8-12,17-21,34-35H,14-15H2,1-7H3,(H,30,31,32)/b9-8-. The van der Waals surface area contributed by atoms with Crippen LogP contribution in [0.25, 0.3) is 11.0 Å². The average molecular weight is 519 g/mol. The van der Waals surface area contributed by atoms with E-state index in [9.17, 15) is 15.0 Å². The molecule has 0 saturated carbocycles. The summed E-state index contributed by atoms with van der Waals surface area (Å²) < 4.78 is 1.58. The second-order valence-electron chi connectivity index (χ2n) is 10.3. The number of nitrogens with one attached hydrogen (secondary N) is 1. The van der Waals surface area contributed by atoms with Gasteiger partial charge >= 0.3 is 0 Å². The summed E-state index contributed by atoms with van der Waals surface area (Å²) in [6.45, 7) is 15.5. The van der Waals surface area contributed by atoms with Gasteiger partial charge in [-0.3, -0.25) is 9.36 Å². The van der Waals surface area contributed by atoms with Crippen molar-refractivity contribution in [2.24, 2.45) is 0 Å². The average Bonchev–Trinajstić information content (AvgIpc) is 2.83. The summed E-state index contributed by atoms with van der Waals surface area (Å²) in [7, 11) is -2.03. The zero-order chi connectivity index (χ0) is 27.3. The highest BCUT2D eigenvalue weighted by atomic mass is 28.3. The lowest BCUT2D eigenvalue weighted by Crippen LogP contribution is -2.43. The molecule has 0 amide bonds. The van der Waals surface area contributed by atoms with Crippen LogP contribution in [0, 0.1) is 18.4 Å². The lowest BCUT2D eigenvalue weighted by Gasteiger charge is -2.38. The number of phenols is 1. The number of hydrogen-bond donors (Lipinski definition) is 3. The quantitative estimate of drug-likeness (QED) is 0.202. The monoisotopic (exact) mass is 518 g/mol. The Balaban J connectivity index is 2.27. The summed E-state index contributed by atoms with van der Waals surface area (Å²) in [6, 6.07) is 6.68. The fraction of sp³-hybridized carbons (Fsp3) is 0.414. The number of aliphatic hydroxyl groups is 1. The topological polar surface area (TPSA) is 100 Å². The summed E-state index contributed by atoms with van der Waals surface area (Å²) >= 11 is 0. The zero-order valence-electron chi connectivity index (χ0n) is 22.8. The van der Waals surface area contributed by atoms with E-state index >= 15 is 0 Å². The molecule has 0 atom stereocenters. The van der Waals surface area contributed by atoms with Crippen molar-refractivity contribution in [2.45, 2.75) is 71.6 Å². The van der Waals surface area contributed by atoms with Gasteiger partial charge in [-0.1, -0.05) is 65.7 Å². The van der Waals surface area contributed by atoms with E-state index < -0.39 is 8.07 Å². The Morgan fingerprint density at radius 1 is 1.11 bits per heavy atom. The molecule has 0 aliphatic carbocycles. The van der Waals surface area contributed by atoms with Gasteiger partial charge in [0.2, 0.25) is 5.95 Å². The molecule has 196 valence electrons. The molecule has 3 N–H and O–H groups in total. The van der Waals surface area contributed by atoms with Crippen molar-refractivity contribution in [1.82, 2.24) is 14.5 Å². The largest absolute Gasteiger partial charge is 0.508 e. The highest BCUT2D eigenvalue weighted by molar-refractivity contribution is 6.90. The second kappa shape index (κ2) is 11.8. The van der Waals surface area contributed by atoms with E-state index in [2.05, 4.69) is 63.3 Å². The van der Waals surface area contributed by atoms with Gasteiger partial charge in [-0.05, 0) is 35.7 Å². The van der Waals surface area contributed by atoms with E-state index in [0.29, 0.717) is 50.4 Å². The molecule has 7 nitrogen and oxygen atoms in total. The van der Waals surface area contributed by atoms with Gasteiger partial charge in [-0.2, -0.15) is 4.98 Å². The number of hydrogen-bond acceptors (Lipinski definition) is 6. The van der Waals surface area contributed by atoms with Crippen molar-refractivity contribution < 1.29 is 10.2 Å². The molecule has 0 fully saturated rings. The van der Waals surface area contributed by atoms with Crippen molar-refractivity contribution in [3.8, 4) is 17.2 Å². The summed E-state index contributed by atoms with van der Waals surface area (Å²) in [4.78, 5) is 22.7. The molecule has 1 aromatic carbocycles. The van der Waals surface area contributed by atoms with E-state index in [1.807, 2.05) is 0 Å². The van der Waals surface area contributed by atoms with Gasteiger partial charge < -0.3 is 15.5 Å². The minimum atomic E-state index is -2.03. The SMILES string of the molecule is Cc1c(C#C[Si](C(C)C)(C(C)C)C(C)C)c2cnc(Nc3cccc(O)c3)nc2n(C/C=C\CO)c1=O.